The Kier molecular flexibility index (Phi) is 5.33. The summed E-state index contributed by atoms with van der Waals surface area (Å²) in [7, 11) is 0. The highest BCUT2D eigenvalue weighted by molar-refractivity contribution is 5.82. The van der Waals surface area contributed by atoms with Crippen LogP contribution in [0.25, 0.3) is 0 Å². The fourth-order valence-electron chi connectivity index (χ4n) is 1.40. The van der Waals surface area contributed by atoms with E-state index in [9.17, 15) is 0 Å². The summed E-state index contributed by atoms with van der Waals surface area (Å²) in [6.07, 6.45) is 1.22. The first-order chi connectivity index (χ1) is 8.19. The van der Waals surface area contributed by atoms with Gasteiger partial charge in [-0.1, -0.05) is 26.0 Å². The van der Waals surface area contributed by atoms with Gasteiger partial charge >= 0.3 is 0 Å². The number of hydrogen-bond donors (Lipinski definition) is 2. The van der Waals surface area contributed by atoms with Gasteiger partial charge < -0.3 is 15.2 Å². The molecule has 0 amide bonds. The lowest BCUT2D eigenvalue weighted by atomic mass is 10.2. The number of nitrogens with one attached hydrogen (secondary N) is 1. The average Bonchev–Trinajstić information content (AvgIpc) is 2.34. The molecule has 1 rings (SSSR count). The first-order valence-corrected chi connectivity index (χ1v) is 5.91. The molecule has 3 N–H and O–H groups in total. The van der Waals surface area contributed by atoms with Gasteiger partial charge in [-0.2, -0.15) is 0 Å². The highest BCUT2D eigenvalue weighted by atomic mass is 16.5. The van der Waals surface area contributed by atoms with Crippen LogP contribution in [-0.4, -0.2) is 18.5 Å². The van der Waals surface area contributed by atoms with E-state index in [1.165, 1.54) is 0 Å². The fourth-order valence-corrected chi connectivity index (χ4v) is 1.40. The van der Waals surface area contributed by atoms with E-state index in [0.717, 1.165) is 6.42 Å². The Labute approximate surface area is 102 Å². The predicted octanol–water partition coefficient (Wildman–Crippen LogP) is 2.57. The van der Waals surface area contributed by atoms with E-state index in [1.807, 2.05) is 38.1 Å². The molecule has 0 aliphatic heterocycles. The third-order valence-electron chi connectivity index (χ3n) is 2.30. The molecule has 0 aliphatic carbocycles. The van der Waals surface area contributed by atoms with E-state index in [1.54, 1.807) is 0 Å². The number of amidine groups is 1. The van der Waals surface area contributed by atoms with Gasteiger partial charge in [0.15, 0.2) is 17.6 Å². The highest BCUT2D eigenvalue weighted by Crippen LogP contribution is 2.27. The molecule has 0 radical (unpaired) electrons. The summed E-state index contributed by atoms with van der Waals surface area (Å²) in [5, 5.41) is 7.42. The molecule has 0 aliphatic rings. The van der Waals surface area contributed by atoms with Crippen LogP contribution in [0.3, 0.4) is 0 Å². The Morgan fingerprint density at radius 1 is 1.29 bits per heavy atom. The van der Waals surface area contributed by atoms with Gasteiger partial charge in [0.2, 0.25) is 0 Å². The van der Waals surface area contributed by atoms with Crippen molar-refractivity contribution >= 4 is 5.84 Å². The monoisotopic (exact) mass is 236 g/mol. The molecule has 0 heterocycles. The molecule has 1 aromatic carbocycles. The smallest absolute Gasteiger partial charge is 0.162 e. The van der Waals surface area contributed by atoms with Crippen molar-refractivity contribution in [1.82, 2.24) is 0 Å². The first kappa shape index (κ1) is 13.4. The second-order valence-electron chi connectivity index (χ2n) is 3.77. The molecule has 0 saturated heterocycles. The SMILES string of the molecule is CCCOc1ccccc1OC(CC)C(=N)N. The molecule has 0 spiro atoms. The summed E-state index contributed by atoms with van der Waals surface area (Å²) in [6, 6.07) is 7.46. The van der Waals surface area contributed by atoms with Crippen LogP contribution in [0.15, 0.2) is 24.3 Å². The van der Waals surface area contributed by atoms with Crippen molar-refractivity contribution in [3.8, 4) is 11.5 Å². The zero-order chi connectivity index (χ0) is 12.7. The molecule has 4 heteroatoms. The zero-order valence-corrected chi connectivity index (χ0v) is 10.4. The normalized spacial score (nSPS) is 11.9. The Bertz CT molecular complexity index is 366. The molecule has 94 valence electrons. The lowest BCUT2D eigenvalue weighted by Crippen LogP contribution is -2.32. The zero-order valence-electron chi connectivity index (χ0n) is 10.4. The van der Waals surface area contributed by atoms with Crippen molar-refractivity contribution in [3.05, 3.63) is 24.3 Å². The lowest BCUT2D eigenvalue weighted by molar-refractivity contribution is 0.235. The number of benzene rings is 1. The summed E-state index contributed by atoms with van der Waals surface area (Å²) in [5.41, 5.74) is 5.46. The third kappa shape index (κ3) is 3.98. The average molecular weight is 236 g/mol. The summed E-state index contributed by atoms with van der Waals surface area (Å²) in [4.78, 5) is 0. The van der Waals surface area contributed by atoms with Gasteiger partial charge in [-0.3, -0.25) is 5.41 Å². The molecule has 0 fully saturated rings. The van der Waals surface area contributed by atoms with Crippen LogP contribution >= 0.6 is 0 Å². The molecular formula is C13H20N2O2. The van der Waals surface area contributed by atoms with E-state index in [-0.39, 0.29) is 11.9 Å². The summed E-state index contributed by atoms with van der Waals surface area (Å²) >= 11 is 0. The van der Waals surface area contributed by atoms with Crippen LogP contribution in [-0.2, 0) is 0 Å². The Morgan fingerprint density at radius 3 is 2.47 bits per heavy atom. The molecule has 4 nitrogen and oxygen atoms in total. The minimum atomic E-state index is -0.388. The van der Waals surface area contributed by atoms with Gasteiger partial charge in [-0.25, -0.2) is 0 Å². The topological polar surface area (TPSA) is 68.3 Å². The van der Waals surface area contributed by atoms with Crippen molar-refractivity contribution < 1.29 is 9.47 Å². The van der Waals surface area contributed by atoms with Crippen LogP contribution in [0.2, 0.25) is 0 Å². The number of nitrogens with two attached hydrogens (primary N) is 1. The lowest BCUT2D eigenvalue weighted by Gasteiger charge is -2.18. The maximum absolute atomic E-state index is 7.42. The second kappa shape index (κ2) is 6.78. The van der Waals surface area contributed by atoms with E-state index in [2.05, 4.69) is 0 Å². The highest BCUT2D eigenvalue weighted by Gasteiger charge is 2.14. The molecule has 1 unspecified atom stereocenters. The van der Waals surface area contributed by atoms with Crippen LogP contribution < -0.4 is 15.2 Å². The van der Waals surface area contributed by atoms with Crippen LogP contribution in [0.5, 0.6) is 11.5 Å². The summed E-state index contributed by atoms with van der Waals surface area (Å²) < 4.78 is 11.3. The van der Waals surface area contributed by atoms with Gasteiger partial charge in [0.05, 0.1) is 6.61 Å². The van der Waals surface area contributed by atoms with Crippen molar-refractivity contribution in [2.24, 2.45) is 5.73 Å². The summed E-state index contributed by atoms with van der Waals surface area (Å²) in [5.74, 6) is 1.38. The standard InChI is InChI=1S/C13H20N2O2/c1-3-9-16-11-7-5-6-8-12(11)17-10(4-2)13(14)15/h5-8,10H,3-4,9H2,1-2H3,(H3,14,15). The maximum atomic E-state index is 7.42. The fraction of sp³-hybridized carbons (Fsp3) is 0.462. The molecule has 17 heavy (non-hydrogen) atoms. The maximum Gasteiger partial charge on any atom is 0.162 e. The Hall–Kier alpha value is -1.71. The van der Waals surface area contributed by atoms with Crippen LogP contribution in [0.1, 0.15) is 26.7 Å². The van der Waals surface area contributed by atoms with Crippen molar-refractivity contribution in [3.63, 3.8) is 0 Å². The van der Waals surface area contributed by atoms with Crippen molar-refractivity contribution in [2.45, 2.75) is 32.8 Å². The summed E-state index contributed by atoms with van der Waals surface area (Å²) in [6.45, 7) is 4.63. The van der Waals surface area contributed by atoms with E-state index in [0.29, 0.717) is 24.5 Å². The van der Waals surface area contributed by atoms with E-state index < -0.39 is 0 Å². The number of ether oxygens (including phenoxy) is 2. The van der Waals surface area contributed by atoms with E-state index in [4.69, 9.17) is 20.6 Å². The minimum Gasteiger partial charge on any atom is -0.490 e. The minimum absolute atomic E-state index is 0.0396. The largest absolute Gasteiger partial charge is 0.490 e. The van der Waals surface area contributed by atoms with Crippen LogP contribution in [0, 0.1) is 5.41 Å². The van der Waals surface area contributed by atoms with Gasteiger partial charge in [0.1, 0.15) is 5.84 Å². The van der Waals surface area contributed by atoms with E-state index >= 15 is 0 Å². The number of rotatable bonds is 7. The Morgan fingerprint density at radius 2 is 1.94 bits per heavy atom. The second-order valence-corrected chi connectivity index (χ2v) is 3.77. The van der Waals surface area contributed by atoms with Gasteiger partial charge in [-0.15, -0.1) is 0 Å². The number of hydrogen-bond acceptors (Lipinski definition) is 3. The first-order valence-electron chi connectivity index (χ1n) is 5.91. The van der Waals surface area contributed by atoms with Gasteiger partial charge in [0, 0.05) is 0 Å². The molecule has 1 atom stereocenters. The molecular weight excluding hydrogens is 216 g/mol. The predicted molar refractivity (Wildman–Crippen MR) is 68.8 cm³/mol. The quantitative estimate of drug-likeness (QED) is 0.564. The molecule has 0 aromatic heterocycles. The van der Waals surface area contributed by atoms with Gasteiger partial charge in [0.25, 0.3) is 0 Å². The van der Waals surface area contributed by atoms with Crippen LogP contribution in [0.4, 0.5) is 0 Å². The molecule has 0 saturated carbocycles. The molecule has 0 bridgehead atoms. The van der Waals surface area contributed by atoms with Crippen molar-refractivity contribution in [2.75, 3.05) is 6.61 Å². The van der Waals surface area contributed by atoms with Gasteiger partial charge in [-0.05, 0) is 25.0 Å². The van der Waals surface area contributed by atoms with Crippen molar-refractivity contribution in [1.29, 1.82) is 5.41 Å². The molecule has 1 aromatic rings. The third-order valence-corrected chi connectivity index (χ3v) is 2.30. The Balaban J connectivity index is 2.78. The number of para-hydroxylation sites is 2.